The summed E-state index contributed by atoms with van der Waals surface area (Å²) in [4.78, 5) is 52.2. The summed E-state index contributed by atoms with van der Waals surface area (Å²) < 4.78 is 5.19. The molecule has 30 heavy (non-hydrogen) atoms. The van der Waals surface area contributed by atoms with E-state index in [0.29, 0.717) is 5.69 Å². The third-order valence-electron chi connectivity index (χ3n) is 5.68. The Bertz CT molecular complexity index is 817. The van der Waals surface area contributed by atoms with Gasteiger partial charge < -0.3 is 10.1 Å². The van der Waals surface area contributed by atoms with E-state index in [1.165, 1.54) is 18.2 Å². The van der Waals surface area contributed by atoms with Crippen LogP contribution in [0.3, 0.4) is 0 Å². The second kappa shape index (κ2) is 9.28. The van der Waals surface area contributed by atoms with Crippen LogP contribution in [0.2, 0.25) is 0 Å². The number of urea groups is 1. The third kappa shape index (κ3) is 4.80. The van der Waals surface area contributed by atoms with Crippen LogP contribution in [-0.2, 0) is 19.1 Å². The van der Waals surface area contributed by atoms with Crippen molar-refractivity contribution < 1.29 is 23.9 Å². The van der Waals surface area contributed by atoms with Crippen molar-refractivity contribution >= 4 is 29.5 Å². The van der Waals surface area contributed by atoms with Crippen LogP contribution in [0, 0.1) is 6.92 Å². The molecular formula is C22H29N3O5. The van der Waals surface area contributed by atoms with Crippen molar-refractivity contribution in [3.8, 4) is 0 Å². The molecule has 0 aromatic heterocycles. The van der Waals surface area contributed by atoms with Gasteiger partial charge in [0, 0.05) is 11.7 Å². The Morgan fingerprint density at radius 2 is 1.77 bits per heavy atom. The summed E-state index contributed by atoms with van der Waals surface area (Å²) in [5, 5.41) is 2.90. The molecule has 3 rings (SSSR count). The number of anilines is 1. The van der Waals surface area contributed by atoms with Gasteiger partial charge in [0.15, 0.2) is 6.10 Å². The smallest absolute Gasteiger partial charge is 0.332 e. The highest BCUT2D eigenvalue weighted by Crippen LogP contribution is 2.26. The molecule has 0 radical (unpaired) electrons. The number of carbonyl (C=O) groups is 4. The van der Waals surface area contributed by atoms with Crippen LogP contribution in [0.5, 0.6) is 0 Å². The number of aryl methyl sites for hydroxylation is 1. The number of amides is 4. The van der Waals surface area contributed by atoms with Crippen molar-refractivity contribution in [3.05, 3.63) is 29.8 Å². The largest absolute Gasteiger partial charge is 0.451 e. The number of hydrogen-bond acceptors (Lipinski definition) is 5. The zero-order valence-electron chi connectivity index (χ0n) is 17.7. The molecule has 1 saturated heterocycles. The third-order valence-corrected chi connectivity index (χ3v) is 5.68. The number of benzene rings is 1. The number of ether oxygens (including phenoxy) is 1. The summed E-state index contributed by atoms with van der Waals surface area (Å²) in [6, 6.07) is 6.03. The van der Waals surface area contributed by atoms with E-state index in [1.54, 1.807) is 19.1 Å². The second-order valence-corrected chi connectivity index (χ2v) is 8.06. The van der Waals surface area contributed by atoms with Crippen molar-refractivity contribution in [2.24, 2.45) is 0 Å². The summed E-state index contributed by atoms with van der Waals surface area (Å²) in [5.74, 6) is -1.62. The molecular weight excluding hydrogens is 386 g/mol. The lowest BCUT2D eigenvalue weighted by Crippen LogP contribution is -2.44. The van der Waals surface area contributed by atoms with E-state index in [0.717, 1.165) is 36.1 Å². The lowest BCUT2D eigenvalue weighted by molar-refractivity contribution is -0.156. The summed E-state index contributed by atoms with van der Waals surface area (Å²) in [5.41, 5.74) is 1.62. The molecule has 1 N–H and O–H groups in total. The number of carbonyl (C=O) groups excluding carboxylic acids is 4. The lowest BCUT2D eigenvalue weighted by Gasteiger charge is -2.24. The molecule has 1 heterocycles. The van der Waals surface area contributed by atoms with Gasteiger partial charge in [-0.05, 0) is 45.7 Å². The van der Waals surface area contributed by atoms with Crippen LogP contribution in [0.25, 0.3) is 0 Å². The first-order valence-electron chi connectivity index (χ1n) is 10.5. The van der Waals surface area contributed by atoms with Gasteiger partial charge in [0.1, 0.15) is 12.6 Å². The minimum absolute atomic E-state index is 0.109. The van der Waals surface area contributed by atoms with E-state index >= 15 is 0 Å². The van der Waals surface area contributed by atoms with E-state index in [9.17, 15) is 19.2 Å². The Kier molecular flexibility index (Phi) is 6.74. The summed E-state index contributed by atoms with van der Waals surface area (Å²) in [6.07, 6.45) is 4.19. The molecule has 162 valence electrons. The normalized spacial score (nSPS) is 21.0. The van der Waals surface area contributed by atoms with Crippen LogP contribution in [0.4, 0.5) is 10.5 Å². The predicted molar refractivity (Wildman–Crippen MR) is 111 cm³/mol. The first-order valence-corrected chi connectivity index (χ1v) is 10.5. The maximum atomic E-state index is 12.8. The fourth-order valence-corrected chi connectivity index (χ4v) is 3.89. The Morgan fingerprint density at radius 3 is 2.40 bits per heavy atom. The van der Waals surface area contributed by atoms with E-state index < -0.39 is 36.6 Å². The molecule has 1 saturated carbocycles. The van der Waals surface area contributed by atoms with Gasteiger partial charge >= 0.3 is 12.0 Å². The Hall–Kier alpha value is -2.90. The number of nitrogens with zero attached hydrogens (tertiary/aromatic N) is 2. The van der Waals surface area contributed by atoms with Gasteiger partial charge in [-0.1, -0.05) is 37.0 Å². The van der Waals surface area contributed by atoms with Gasteiger partial charge in [0.25, 0.3) is 11.8 Å². The van der Waals surface area contributed by atoms with E-state index in [-0.39, 0.29) is 11.9 Å². The van der Waals surface area contributed by atoms with Gasteiger partial charge in [0.2, 0.25) is 0 Å². The molecule has 1 aromatic carbocycles. The number of imide groups is 1. The Morgan fingerprint density at radius 1 is 1.13 bits per heavy atom. The summed E-state index contributed by atoms with van der Waals surface area (Å²) in [6.45, 7) is 4.51. The quantitative estimate of drug-likeness (QED) is 0.569. The zero-order chi connectivity index (χ0) is 21.8. The summed E-state index contributed by atoms with van der Waals surface area (Å²) >= 11 is 0. The molecule has 1 aromatic rings. The second-order valence-electron chi connectivity index (χ2n) is 8.06. The standard InChI is InChI=1S/C22H29N3O5/c1-14-9-11-18(12-10-14)25-15(2)21(28)24(22(25)29)13-19(26)30-16(3)20(27)23-17-7-5-4-6-8-17/h9-12,15-17H,4-8,13H2,1-3H3,(H,23,27)/t15-,16-/m1/s1. The molecule has 8 heteroatoms. The van der Waals surface area contributed by atoms with Crippen molar-refractivity contribution in [1.29, 1.82) is 0 Å². The van der Waals surface area contributed by atoms with E-state index in [1.807, 2.05) is 19.1 Å². The fourth-order valence-electron chi connectivity index (χ4n) is 3.89. The molecule has 2 fully saturated rings. The highest BCUT2D eigenvalue weighted by Gasteiger charge is 2.44. The SMILES string of the molecule is Cc1ccc(N2C(=O)N(CC(=O)O[C@H](C)C(=O)NC3CCCCC3)C(=O)[C@H]2C)cc1. The summed E-state index contributed by atoms with van der Waals surface area (Å²) in [7, 11) is 0. The Balaban J connectivity index is 1.57. The fraction of sp³-hybridized carbons (Fsp3) is 0.545. The van der Waals surface area contributed by atoms with E-state index in [4.69, 9.17) is 4.74 Å². The van der Waals surface area contributed by atoms with Crippen molar-refractivity contribution in [2.45, 2.75) is 71.1 Å². The van der Waals surface area contributed by atoms with Gasteiger partial charge in [-0.3, -0.25) is 24.2 Å². The molecule has 4 amide bonds. The molecule has 8 nitrogen and oxygen atoms in total. The van der Waals surface area contributed by atoms with Gasteiger partial charge in [-0.2, -0.15) is 0 Å². The first-order chi connectivity index (χ1) is 14.3. The van der Waals surface area contributed by atoms with Gasteiger partial charge in [-0.25, -0.2) is 4.79 Å². The number of nitrogens with one attached hydrogen (secondary N) is 1. The number of rotatable bonds is 6. The number of hydrogen-bond donors (Lipinski definition) is 1. The lowest BCUT2D eigenvalue weighted by atomic mass is 9.95. The van der Waals surface area contributed by atoms with Crippen molar-refractivity contribution in [3.63, 3.8) is 0 Å². The predicted octanol–water partition coefficient (Wildman–Crippen LogP) is 2.53. The van der Waals surface area contributed by atoms with Crippen LogP contribution >= 0.6 is 0 Å². The minimum Gasteiger partial charge on any atom is -0.451 e. The highest BCUT2D eigenvalue weighted by molar-refractivity contribution is 6.15. The van der Waals surface area contributed by atoms with E-state index in [2.05, 4.69) is 5.32 Å². The zero-order valence-corrected chi connectivity index (χ0v) is 17.7. The van der Waals surface area contributed by atoms with Crippen LogP contribution in [0.15, 0.2) is 24.3 Å². The topological polar surface area (TPSA) is 96.0 Å². The van der Waals surface area contributed by atoms with Crippen LogP contribution in [0.1, 0.15) is 51.5 Å². The molecule has 0 unspecified atom stereocenters. The maximum Gasteiger partial charge on any atom is 0.332 e. The average Bonchev–Trinajstić information content (AvgIpc) is 2.93. The maximum absolute atomic E-state index is 12.8. The molecule has 2 aliphatic rings. The van der Waals surface area contributed by atoms with Gasteiger partial charge in [0.05, 0.1) is 0 Å². The Labute approximate surface area is 176 Å². The van der Waals surface area contributed by atoms with Crippen molar-refractivity contribution in [2.75, 3.05) is 11.4 Å². The van der Waals surface area contributed by atoms with Gasteiger partial charge in [-0.15, -0.1) is 0 Å². The monoisotopic (exact) mass is 415 g/mol. The average molecular weight is 415 g/mol. The highest BCUT2D eigenvalue weighted by atomic mass is 16.5. The first kappa shape index (κ1) is 21.8. The number of esters is 1. The van der Waals surface area contributed by atoms with Crippen molar-refractivity contribution in [1.82, 2.24) is 10.2 Å². The van der Waals surface area contributed by atoms with Crippen LogP contribution in [-0.4, -0.2) is 53.4 Å². The molecule has 2 atom stereocenters. The molecule has 1 aliphatic carbocycles. The molecule has 0 bridgehead atoms. The molecule has 0 spiro atoms. The van der Waals surface area contributed by atoms with Crippen LogP contribution < -0.4 is 10.2 Å². The minimum atomic E-state index is -0.988. The molecule has 1 aliphatic heterocycles.